The Kier molecular flexibility index (Phi) is 5.20. The highest BCUT2D eigenvalue weighted by atomic mass is 16.6. The van der Waals surface area contributed by atoms with Gasteiger partial charge in [-0.25, -0.2) is 0 Å². The second-order valence-electron chi connectivity index (χ2n) is 4.88. The van der Waals surface area contributed by atoms with Crippen LogP contribution in [0.3, 0.4) is 0 Å². The number of phenolic OH excluding ortho intramolecular Hbond substituents is 1. The molecule has 2 aromatic rings. The number of methoxy groups -OCH3 is 1. The number of rotatable bonds is 6. The van der Waals surface area contributed by atoms with Gasteiger partial charge in [-0.05, 0) is 37.3 Å². The minimum atomic E-state index is -0.878. The largest absolute Gasteiger partial charge is 0.506 e. The lowest BCUT2D eigenvalue weighted by atomic mass is 10.2. The van der Waals surface area contributed by atoms with Gasteiger partial charge in [-0.2, -0.15) is 0 Å². The summed E-state index contributed by atoms with van der Waals surface area (Å²) in [7, 11) is 1.54. The van der Waals surface area contributed by atoms with Gasteiger partial charge >= 0.3 is 0 Å². The third kappa shape index (κ3) is 4.13. The average molecular weight is 332 g/mol. The Bertz CT molecular complexity index is 745. The number of hydrogen-bond acceptors (Lipinski definition) is 6. The Labute approximate surface area is 137 Å². The van der Waals surface area contributed by atoms with E-state index >= 15 is 0 Å². The first-order valence-electron chi connectivity index (χ1n) is 6.99. The Morgan fingerprint density at radius 2 is 1.83 bits per heavy atom. The van der Waals surface area contributed by atoms with Gasteiger partial charge in [0, 0.05) is 12.1 Å². The van der Waals surface area contributed by atoms with E-state index in [4.69, 9.17) is 9.47 Å². The van der Waals surface area contributed by atoms with Gasteiger partial charge in [0.05, 0.1) is 17.7 Å². The van der Waals surface area contributed by atoms with Crippen molar-refractivity contribution in [1.82, 2.24) is 0 Å². The molecule has 0 aromatic heterocycles. The molecule has 0 radical (unpaired) electrons. The molecule has 0 saturated carbocycles. The van der Waals surface area contributed by atoms with E-state index in [-0.39, 0.29) is 17.1 Å². The van der Waals surface area contributed by atoms with Crippen molar-refractivity contribution in [2.45, 2.75) is 13.0 Å². The van der Waals surface area contributed by atoms with Gasteiger partial charge in [-0.15, -0.1) is 0 Å². The van der Waals surface area contributed by atoms with Crippen LogP contribution in [0.2, 0.25) is 0 Å². The molecule has 0 aliphatic rings. The quantitative estimate of drug-likeness (QED) is 0.478. The summed E-state index contributed by atoms with van der Waals surface area (Å²) < 4.78 is 10.5. The Morgan fingerprint density at radius 1 is 1.21 bits per heavy atom. The van der Waals surface area contributed by atoms with E-state index in [2.05, 4.69) is 5.32 Å². The summed E-state index contributed by atoms with van der Waals surface area (Å²) in [6.45, 7) is 1.52. The van der Waals surface area contributed by atoms with Crippen LogP contribution in [0.5, 0.6) is 17.2 Å². The SMILES string of the molecule is COc1ccc(OC(C)C(=O)Nc2cc([N+](=O)[O-])ccc2O)cc1. The molecule has 0 heterocycles. The Balaban J connectivity index is 2.05. The Morgan fingerprint density at radius 3 is 2.42 bits per heavy atom. The van der Waals surface area contributed by atoms with Crippen LogP contribution in [-0.2, 0) is 4.79 Å². The molecule has 8 nitrogen and oxygen atoms in total. The van der Waals surface area contributed by atoms with Gasteiger partial charge < -0.3 is 19.9 Å². The molecule has 0 fully saturated rings. The van der Waals surface area contributed by atoms with Crippen molar-refractivity contribution in [1.29, 1.82) is 0 Å². The van der Waals surface area contributed by atoms with Crippen molar-refractivity contribution in [3.8, 4) is 17.2 Å². The predicted molar refractivity (Wildman–Crippen MR) is 86.5 cm³/mol. The molecular formula is C16H16N2O6. The maximum Gasteiger partial charge on any atom is 0.271 e. The molecule has 2 aromatic carbocycles. The standard InChI is InChI=1S/C16H16N2O6/c1-10(24-13-6-4-12(23-2)5-7-13)16(20)17-14-9-11(18(21)22)3-8-15(14)19/h3-10,19H,1-2H3,(H,17,20). The van der Waals surface area contributed by atoms with Crippen LogP contribution in [0.4, 0.5) is 11.4 Å². The highest BCUT2D eigenvalue weighted by Gasteiger charge is 2.18. The molecule has 0 bridgehead atoms. The lowest BCUT2D eigenvalue weighted by Crippen LogP contribution is -2.30. The second kappa shape index (κ2) is 7.32. The van der Waals surface area contributed by atoms with E-state index in [1.807, 2.05) is 0 Å². The van der Waals surface area contributed by atoms with Crippen molar-refractivity contribution >= 4 is 17.3 Å². The van der Waals surface area contributed by atoms with Crippen molar-refractivity contribution < 1.29 is 24.3 Å². The van der Waals surface area contributed by atoms with Gasteiger partial charge in [0.15, 0.2) is 6.10 Å². The summed E-state index contributed by atoms with van der Waals surface area (Å²) >= 11 is 0. The maximum absolute atomic E-state index is 12.1. The fourth-order valence-corrected chi connectivity index (χ4v) is 1.88. The van der Waals surface area contributed by atoms with Crippen molar-refractivity contribution in [3.05, 3.63) is 52.6 Å². The number of carbonyl (C=O) groups is 1. The molecular weight excluding hydrogens is 316 g/mol. The predicted octanol–water partition coefficient (Wildman–Crippen LogP) is 2.72. The van der Waals surface area contributed by atoms with Gasteiger partial charge in [0.2, 0.25) is 0 Å². The molecule has 0 saturated heterocycles. The molecule has 1 atom stereocenters. The van der Waals surface area contributed by atoms with Gasteiger partial charge in [0.25, 0.3) is 11.6 Å². The third-order valence-corrected chi connectivity index (χ3v) is 3.19. The number of anilines is 1. The summed E-state index contributed by atoms with van der Waals surface area (Å²) in [6.07, 6.45) is -0.878. The number of nitro benzene ring substituents is 1. The summed E-state index contributed by atoms with van der Waals surface area (Å²) in [5.74, 6) is 0.287. The zero-order valence-electron chi connectivity index (χ0n) is 13.1. The number of ether oxygens (including phenoxy) is 2. The van der Waals surface area contributed by atoms with E-state index < -0.39 is 16.9 Å². The molecule has 1 amide bonds. The molecule has 126 valence electrons. The summed E-state index contributed by atoms with van der Waals surface area (Å²) in [6, 6.07) is 10.0. The number of nitrogens with one attached hydrogen (secondary N) is 1. The first kappa shape index (κ1) is 17.1. The van der Waals surface area contributed by atoms with Crippen LogP contribution in [-0.4, -0.2) is 29.2 Å². The molecule has 8 heteroatoms. The summed E-state index contributed by atoms with van der Waals surface area (Å²) in [5, 5.41) is 22.9. The van der Waals surface area contributed by atoms with E-state index in [1.54, 1.807) is 24.3 Å². The molecule has 0 spiro atoms. The fourth-order valence-electron chi connectivity index (χ4n) is 1.88. The van der Waals surface area contributed by atoms with Crippen LogP contribution >= 0.6 is 0 Å². The number of non-ortho nitro benzene ring substituents is 1. The molecule has 2 N–H and O–H groups in total. The average Bonchev–Trinajstić information content (AvgIpc) is 2.57. The van der Waals surface area contributed by atoms with E-state index in [0.717, 1.165) is 18.2 Å². The lowest BCUT2D eigenvalue weighted by Gasteiger charge is -2.15. The minimum absolute atomic E-state index is 0.0561. The molecule has 2 rings (SSSR count). The fraction of sp³-hybridized carbons (Fsp3) is 0.188. The van der Waals surface area contributed by atoms with Crippen LogP contribution in [0.25, 0.3) is 0 Å². The Hall–Kier alpha value is -3.29. The zero-order chi connectivity index (χ0) is 17.7. The number of benzene rings is 2. The van der Waals surface area contributed by atoms with Crippen LogP contribution in [0.15, 0.2) is 42.5 Å². The number of nitrogens with zero attached hydrogens (tertiary/aromatic N) is 1. The topological polar surface area (TPSA) is 111 Å². The number of hydrogen-bond donors (Lipinski definition) is 2. The van der Waals surface area contributed by atoms with Crippen LogP contribution in [0, 0.1) is 10.1 Å². The van der Waals surface area contributed by atoms with Crippen LogP contribution in [0.1, 0.15) is 6.92 Å². The van der Waals surface area contributed by atoms with Crippen molar-refractivity contribution in [3.63, 3.8) is 0 Å². The number of aromatic hydroxyl groups is 1. The van der Waals surface area contributed by atoms with E-state index in [0.29, 0.717) is 11.5 Å². The smallest absolute Gasteiger partial charge is 0.271 e. The molecule has 0 aliphatic carbocycles. The van der Waals surface area contributed by atoms with Gasteiger partial charge in [0.1, 0.15) is 17.2 Å². The summed E-state index contributed by atoms with van der Waals surface area (Å²) in [4.78, 5) is 22.3. The first-order chi connectivity index (χ1) is 11.4. The monoisotopic (exact) mass is 332 g/mol. The lowest BCUT2D eigenvalue weighted by molar-refractivity contribution is -0.384. The highest BCUT2D eigenvalue weighted by molar-refractivity contribution is 5.95. The second-order valence-corrected chi connectivity index (χ2v) is 4.88. The number of phenols is 1. The highest BCUT2D eigenvalue weighted by Crippen LogP contribution is 2.28. The maximum atomic E-state index is 12.1. The number of amides is 1. The molecule has 1 unspecified atom stereocenters. The summed E-state index contributed by atoms with van der Waals surface area (Å²) in [5.41, 5.74) is -0.300. The van der Waals surface area contributed by atoms with Crippen molar-refractivity contribution in [2.24, 2.45) is 0 Å². The zero-order valence-corrected chi connectivity index (χ0v) is 13.1. The van der Waals surface area contributed by atoms with Crippen molar-refractivity contribution in [2.75, 3.05) is 12.4 Å². The molecule has 0 aliphatic heterocycles. The molecule has 24 heavy (non-hydrogen) atoms. The number of nitro groups is 1. The number of carbonyl (C=O) groups excluding carboxylic acids is 1. The first-order valence-corrected chi connectivity index (χ1v) is 6.99. The third-order valence-electron chi connectivity index (χ3n) is 3.19. The van der Waals surface area contributed by atoms with Gasteiger partial charge in [-0.1, -0.05) is 0 Å². The van der Waals surface area contributed by atoms with Crippen LogP contribution < -0.4 is 14.8 Å². The van der Waals surface area contributed by atoms with E-state index in [1.165, 1.54) is 14.0 Å². The van der Waals surface area contributed by atoms with Gasteiger partial charge in [-0.3, -0.25) is 14.9 Å². The normalized spacial score (nSPS) is 11.4. The van der Waals surface area contributed by atoms with E-state index in [9.17, 15) is 20.0 Å². The minimum Gasteiger partial charge on any atom is -0.506 e.